The van der Waals surface area contributed by atoms with Gasteiger partial charge in [0, 0.05) is 44.1 Å². The Bertz CT molecular complexity index is 1910. The van der Waals surface area contributed by atoms with E-state index in [4.69, 9.17) is 9.47 Å². The van der Waals surface area contributed by atoms with Crippen LogP contribution in [0.5, 0.6) is 0 Å². The molecule has 0 radical (unpaired) electrons. The number of carbonyl (C=O) groups is 3. The molecule has 2 saturated carbocycles. The second-order valence-corrected chi connectivity index (χ2v) is 13.6. The Balaban J connectivity index is 0.000000167. The van der Waals surface area contributed by atoms with E-state index in [0.29, 0.717) is 66.5 Å². The zero-order valence-electron chi connectivity index (χ0n) is 29.6. The highest BCUT2D eigenvalue weighted by Gasteiger charge is 2.72. The van der Waals surface area contributed by atoms with E-state index in [2.05, 4.69) is 26.7 Å². The number of esters is 2. The molecule has 4 atom stereocenters. The van der Waals surface area contributed by atoms with Crippen molar-refractivity contribution < 1.29 is 41.4 Å². The Morgan fingerprint density at radius 3 is 1.54 bits per heavy atom. The second kappa shape index (κ2) is 14.3. The third-order valence-corrected chi connectivity index (χ3v) is 10.3. The minimum Gasteiger partial charge on any atom is -0.462 e. The van der Waals surface area contributed by atoms with Gasteiger partial charge in [-0.1, -0.05) is 18.7 Å². The van der Waals surface area contributed by atoms with Gasteiger partial charge in [-0.3, -0.25) is 14.2 Å². The minimum absolute atomic E-state index is 0.230. The summed E-state index contributed by atoms with van der Waals surface area (Å²) in [6.07, 6.45) is 8.30. The summed E-state index contributed by atoms with van der Waals surface area (Å²) in [5.74, 6) is -7.03. The summed E-state index contributed by atoms with van der Waals surface area (Å²) >= 11 is 0. The van der Waals surface area contributed by atoms with Crippen LogP contribution in [0.3, 0.4) is 0 Å². The summed E-state index contributed by atoms with van der Waals surface area (Å²) in [5, 5.41) is 8.28. The van der Waals surface area contributed by atoms with Gasteiger partial charge in [-0.05, 0) is 37.6 Å². The van der Waals surface area contributed by atoms with Crippen LogP contribution < -0.4 is 9.80 Å². The first-order valence-corrected chi connectivity index (χ1v) is 17.6. The fraction of sp³-hybridized carbons (Fsp3) is 0.432. The summed E-state index contributed by atoms with van der Waals surface area (Å²) < 4.78 is 66.5. The molecule has 4 aromatic rings. The second-order valence-electron chi connectivity index (χ2n) is 13.6. The number of hydrogen-bond donors (Lipinski definition) is 0. The van der Waals surface area contributed by atoms with E-state index in [1.807, 2.05) is 17.0 Å². The molecule has 0 N–H and O–H groups in total. The van der Waals surface area contributed by atoms with Crippen molar-refractivity contribution in [3.05, 3.63) is 89.3 Å². The Labute approximate surface area is 307 Å². The largest absolute Gasteiger partial charge is 0.462 e. The zero-order valence-corrected chi connectivity index (χ0v) is 29.6. The fourth-order valence-electron chi connectivity index (χ4n) is 7.16. The molecule has 0 amide bonds. The van der Waals surface area contributed by atoms with Crippen LogP contribution >= 0.6 is 0 Å². The van der Waals surface area contributed by atoms with Crippen molar-refractivity contribution in [2.45, 2.75) is 38.8 Å². The topological polar surface area (TPSA) is 138 Å². The number of halogens is 4. The van der Waals surface area contributed by atoms with Gasteiger partial charge in [-0.15, -0.1) is 0 Å². The third-order valence-electron chi connectivity index (χ3n) is 10.3. The maximum Gasteiger partial charge on any atom is 0.341 e. The summed E-state index contributed by atoms with van der Waals surface area (Å²) in [5.41, 5.74) is 3.12. The molecular formula is C37H38F4N8O5. The van der Waals surface area contributed by atoms with Crippen molar-refractivity contribution >= 4 is 35.9 Å². The number of nitrogens with zero attached hydrogens (tertiary/aromatic N) is 8. The average molecular weight is 751 g/mol. The number of aldehydes is 1. The van der Waals surface area contributed by atoms with Gasteiger partial charge in [0.15, 0.2) is 6.29 Å². The first-order chi connectivity index (χ1) is 25.9. The van der Waals surface area contributed by atoms with Crippen molar-refractivity contribution in [2.75, 3.05) is 49.2 Å². The Morgan fingerprint density at radius 1 is 0.741 bits per heavy atom. The number of alkyl halides is 4. The molecule has 6 heterocycles. The smallest absolute Gasteiger partial charge is 0.341 e. The van der Waals surface area contributed by atoms with Gasteiger partial charge in [0.2, 0.25) is 0 Å². The molecule has 2 saturated heterocycles. The number of piperidine rings is 2. The molecule has 2 aliphatic carbocycles. The number of anilines is 2. The summed E-state index contributed by atoms with van der Waals surface area (Å²) in [6.45, 7) is 9.69. The first-order valence-electron chi connectivity index (χ1n) is 17.6. The number of carbonyl (C=O) groups excluding carboxylic acids is 3. The van der Waals surface area contributed by atoms with E-state index in [9.17, 15) is 31.9 Å². The molecule has 13 nitrogen and oxygen atoms in total. The fourth-order valence-corrected chi connectivity index (χ4v) is 7.16. The van der Waals surface area contributed by atoms with Crippen molar-refractivity contribution in [1.29, 1.82) is 0 Å². The van der Waals surface area contributed by atoms with Gasteiger partial charge in [0.25, 0.3) is 11.8 Å². The van der Waals surface area contributed by atoms with Crippen LogP contribution in [0.1, 0.15) is 61.9 Å². The highest BCUT2D eigenvalue weighted by Crippen LogP contribution is 2.60. The zero-order chi connectivity index (χ0) is 38.4. The molecule has 4 fully saturated rings. The van der Waals surface area contributed by atoms with E-state index in [0.717, 1.165) is 5.56 Å². The molecule has 4 unspecified atom stereocenters. The van der Waals surface area contributed by atoms with Crippen LogP contribution in [0.4, 0.5) is 29.2 Å². The quantitative estimate of drug-likeness (QED) is 0.112. The normalized spacial score (nSPS) is 22.4. The molecule has 0 spiro atoms. The lowest BCUT2D eigenvalue weighted by Crippen LogP contribution is -2.28. The summed E-state index contributed by atoms with van der Waals surface area (Å²) in [6, 6.07) is 7.19. The Morgan fingerprint density at radius 2 is 1.15 bits per heavy atom. The molecule has 284 valence electrons. The molecule has 0 bridgehead atoms. The van der Waals surface area contributed by atoms with Crippen molar-refractivity contribution in [3.8, 4) is 0 Å². The molecule has 17 heteroatoms. The van der Waals surface area contributed by atoms with E-state index >= 15 is 0 Å². The van der Waals surface area contributed by atoms with Crippen LogP contribution in [-0.4, -0.2) is 99.0 Å². The van der Waals surface area contributed by atoms with Crippen LogP contribution in [0.2, 0.25) is 0 Å². The van der Waals surface area contributed by atoms with Crippen LogP contribution in [0.15, 0.2) is 55.6 Å². The van der Waals surface area contributed by atoms with Gasteiger partial charge in [-0.2, -0.15) is 10.2 Å². The van der Waals surface area contributed by atoms with Crippen molar-refractivity contribution in [1.82, 2.24) is 29.5 Å². The van der Waals surface area contributed by atoms with Gasteiger partial charge in [-0.25, -0.2) is 37.1 Å². The van der Waals surface area contributed by atoms with Crippen LogP contribution in [0.25, 0.3) is 6.08 Å². The van der Waals surface area contributed by atoms with Crippen molar-refractivity contribution in [3.63, 3.8) is 0 Å². The molecule has 2 aliphatic heterocycles. The first kappa shape index (κ1) is 36.7. The van der Waals surface area contributed by atoms with E-state index in [1.54, 1.807) is 47.8 Å². The number of pyridine rings is 2. The maximum absolute atomic E-state index is 13.4. The lowest BCUT2D eigenvalue weighted by molar-refractivity contribution is 0.0516. The van der Waals surface area contributed by atoms with Gasteiger partial charge >= 0.3 is 11.9 Å². The summed E-state index contributed by atoms with van der Waals surface area (Å²) in [4.78, 5) is 47.5. The number of aromatic nitrogens is 6. The molecule has 54 heavy (non-hydrogen) atoms. The van der Waals surface area contributed by atoms with E-state index in [1.165, 1.54) is 23.3 Å². The maximum atomic E-state index is 13.4. The average Bonchev–Trinajstić information content (AvgIpc) is 3.74. The standard InChI is InChI=1S/C19H20F2N4O2.C18H18F2N4O3/c1-3-16-12(8-25-9-13(7-22-25)18(26)27-4-2)5-6-17(23-16)24-10-14-15(11-24)19(14,20)21;1-2-27-17(26)12-5-21-24(7-12)6-11-3-4-16(22-15(11)10-25)23-8-13-14(9-23)18(13,19)20/h3,5-7,9,14-15H,1,4,8,10-11H2,2H3;3-5,7,10,13-14H,2,6,8-9H2,1H3. The number of fused-ring (bicyclic) bond motifs is 2. The molecule has 4 aliphatic rings. The number of hydrogen-bond acceptors (Lipinski definition) is 11. The SMILES string of the molecule is C=Cc1nc(N2CC3C(C2)C3(F)F)ccc1Cn1cc(C(=O)OCC)cn1.CCOC(=O)c1cnn(Cc2ccc(N3CC4C(C3)C4(F)F)nc2C=O)c1. The molecule has 8 rings (SSSR count). The number of ether oxygens (including phenoxy) is 2. The number of rotatable bonds is 12. The monoisotopic (exact) mass is 750 g/mol. The lowest BCUT2D eigenvalue weighted by Gasteiger charge is -2.21. The van der Waals surface area contributed by atoms with Gasteiger partial charge in [0.1, 0.15) is 17.3 Å². The third kappa shape index (κ3) is 7.06. The predicted molar refractivity (Wildman–Crippen MR) is 187 cm³/mol. The molecule has 4 aromatic heterocycles. The Hall–Kier alpha value is -5.61. The highest BCUT2D eigenvalue weighted by molar-refractivity contribution is 5.89. The van der Waals surface area contributed by atoms with E-state index in [-0.39, 0.29) is 31.9 Å². The van der Waals surface area contributed by atoms with E-state index < -0.39 is 47.5 Å². The Kier molecular flexibility index (Phi) is 9.74. The molecular weight excluding hydrogens is 712 g/mol. The van der Waals surface area contributed by atoms with Crippen LogP contribution in [-0.2, 0) is 22.6 Å². The summed E-state index contributed by atoms with van der Waals surface area (Å²) in [7, 11) is 0. The van der Waals surface area contributed by atoms with Crippen molar-refractivity contribution in [2.24, 2.45) is 23.7 Å². The van der Waals surface area contributed by atoms with Crippen LogP contribution in [0, 0.1) is 23.7 Å². The minimum atomic E-state index is -2.55. The van der Waals surface area contributed by atoms with Gasteiger partial charge < -0.3 is 19.3 Å². The lowest BCUT2D eigenvalue weighted by atomic mass is 10.2. The predicted octanol–water partition coefficient (Wildman–Crippen LogP) is 4.86. The van der Waals surface area contributed by atoms with Gasteiger partial charge in [0.05, 0.1) is 79.2 Å². The highest BCUT2D eigenvalue weighted by atomic mass is 19.3. The molecule has 0 aromatic carbocycles.